The van der Waals surface area contributed by atoms with E-state index >= 15 is 0 Å². The topological polar surface area (TPSA) is 26.3 Å². The lowest BCUT2D eigenvalue weighted by atomic mass is 9.79. The Hall–Kier alpha value is 0.110. The maximum absolute atomic E-state index is 11.6. The summed E-state index contributed by atoms with van der Waals surface area (Å²) in [6, 6.07) is 0. The number of halogens is 1. The van der Waals surface area contributed by atoms with Crippen LogP contribution in [0.25, 0.3) is 0 Å². The summed E-state index contributed by atoms with van der Waals surface area (Å²) in [7, 11) is 1.46. The number of carbonyl (C=O) groups excluding carboxylic acids is 1. The highest BCUT2D eigenvalue weighted by molar-refractivity contribution is 7.99. The molecule has 0 bridgehead atoms. The number of ether oxygens (including phenoxy) is 1. The molecule has 0 aromatic rings. The lowest BCUT2D eigenvalue weighted by Gasteiger charge is -2.33. The van der Waals surface area contributed by atoms with Crippen molar-refractivity contribution in [3.63, 3.8) is 0 Å². The van der Waals surface area contributed by atoms with E-state index in [2.05, 4.69) is 0 Å². The third-order valence-corrected chi connectivity index (χ3v) is 3.82. The van der Waals surface area contributed by atoms with E-state index in [1.807, 2.05) is 11.8 Å². The van der Waals surface area contributed by atoms with Crippen LogP contribution in [0.2, 0.25) is 0 Å². The van der Waals surface area contributed by atoms with E-state index in [4.69, 9.17) is 16.3 Å². The Morgan fingerprint density at radius 1 is 1.54 bits per heavy atom. The van der Waals surface area contributed by atoms with Crippen molar-refractivity contribution in [1.82, 2.24) is 0 Å². The highest BCUT2D eigenvalue weighted by Crippen LogP contribution is 2.39. The summed E-state index contributed by atoms with van der Waals surface area (Å²) in [5.41, 5.74) is -0.276. The molecular formula is C9H15ClO2S. The minimum atomic E-state index is -0.276. The van der Waals surface area contributed by atoms with E-state index in [9.17, 15) is 4.79 Å². The summed E-state index contributed by atoms with van der Waals surface area (Å²) in [4.78, 5) is 11.6. The summed E-state index contributed by atoms with van der Waals surface area (Å²) in [5.74, 6) is 2.56. The van der Waals surface area contributed by atoms with E-state index in [-0.39, 0.29) is 11.4 Å². The van der Waals surface area contributed by atoms with Crippen LogP contribution >= 0.6 is 23.4 Å². The normalized spacial score (nSPS) is 21.1. The number of thioether (sulfide) groups is 1. The summed E-state index contributed by atoms with van der Waals surface area (Å²) in [5, 5.41) is 0. The molecule has 0 aromatic heterocycles. The molecule has 0 aliphatic carbocycles. The molecule has 1 heterocycles. The molecule has 0 saturated carbocycles. The number of alkyl halides is 1. The molecule has 0 radical (unpaired) electrons. The second-order valence-electron chi connectivity index (χ2n) is 3.32. The molecule has 76 valence electrons. The largest absolute Gasteiger partial charge is 0.469 e. The first-order valence-corrected chi connectivity index (χ1v) is 6.16. The molecule has 0 aromatic carbocycles. The highest BCUT2D eigenvalue weighted by atomic mass is 35.5. The number of methoxy groups -OCH3 is 1. The third kappa shape index (κ3) is 2.53. The Labute approximate surface area is 88.4 Å². The maximum atomic E-state index is 11.6. The quantitative estimate of drug-likeness (QED) is 0.542. The molecule has 1 rings (SSSR count). The Balaban J connectivity index is 2.66. The monoisotopic (exact) mass is 222 g/mol. The first kappa shape index (κ1) is 11.2. The van der Waals surface area contributed by atoms with Gasteiger partial charge >= 0.3 is 5.97 Å². The van der Waals surface area contributed by atoms with Crippen molar-refractivity contribution in [2.45, 2.75) is 19.3 Å². The molecule has 4 heteroatoms. The molecule has 13 heavy (non-hydrogen) atoms. The predicted molar refractivity (Wildman–Crippen MR) is 56.3 cm³/mol. The first-order valence-electron chi connectivity index (χ1n) is 4.47. The fourth-order valence-electron chi connectivity index (χ4n) is 1.72. The van der Waals surface area contributed by atoms with Crippen molar-refractivity contribution in [2.75, 3.05) is 24.5 Å². The van der Waals surface area contributed by atoms with Gasteiger partial charge in [0.25, 0.3) is 0 Å². The van der Waals surface area contributed by atoms with E-state index in [0.29, 0.717) is 5.88 Å². The predicted octanol–water partition coefficient (Wildman–Crippen LogP) is 2.30. The Morgan fingerprint density at radius 3 is 2.62 bits per heavy atom. The fraction of sp³-hybridized carbons (Fsp3) is 0.889. The Morgan fingerprint density at radius 2 is 2.15 bits per heavy atom. The zero-order valence-electron chi connectivity index (χ0n) is 7.85. The lowest BCUT2D eigenvalue weighted by Crippen LogP contribution is -2.36. The summed E-state index contributed by atoms with van der Waals surface area (Å²) in [6.07, 6.45) is 2.58. The van der Waals surface area contributed by atoms with Gasteiger partial charge in [0.05, 0.1) is 12.5 Å². The van der Waals surface area contributed by atoms with Crippen molar-refractivity contribution in [3.05, 3.63) is 0 Å². The van der Waals surface area contributed by atoms with Gasteiger partial charge < -0.3 is 4.74 Å². The molecule has 1 aliphatic heterocycles. The van der Waals surface area contributed by atoms with Gasteiger partial charge in [0.2, 0.25) is 0 Å². The number of hydrogen-bond donors (Lipinski definition) is 0. The number of esters is 1. The van der Waals surface area contributed by atoms with Crippen LogP contribution in [0, 0.1) is 5.41 Å². The standard InChI is InChI=1S/C9H15ClO2S/c1-12-8(11)9(2-5-10)3-6-13-7-4-9/h2-7H2,1H3. The number of rotatable bonds is 3. The fourth-order valence-corrected chi connectivity index (χ4v) is 3.35. The SMILES string of the molecule is COC(=O)C1(CCCl)CCSCC1. The van der Waals surface area contributed by atoms with E-state index in [0.717, 1.165) is 30.8 Å². The molecule has 0 N–H and O–H groups in total. The Bertz CT molecular complexity index is 173. The van der Waals surface area contributed by atoms with Crippen LogP contribution in [0.4, 0.5) is 0 Å². The van der Waals surface area contributed by atoms with Crippen LogP contribution in [0.3, 0.4) is 0 Å². The van der Waals surface area contributed by atoms with Crippen molar-refractivity contribution >= 4 is 29.3 Å². The molecule has 0 amide bonds. The zero-order chi connectivity index (χ0) is 9.73. The second kappa shape index (κ2) is 5.11. The molecule has 1 fully saturated rings. The molecule has 0 spiro atoms. The molecule has 1 aliphatic rings. The van der Waals surface area contributed by atoms with Gasteiger partial charge in [-0.3, -0.25) is 4.79 Å². The van der Waals surface area contributed by atoms with Gasteiger partial charge in [0, 0.05) is 5.88 Å². The Kier molecular flexibility index (Phi) is 4.39. The maximum Gasteiger partial charge on any atom is 0.311 e. The van der Waals surface area contributed by atoms with E-state index in [1.165, 1.54) is 7.11 Å². The molecular weight excluding hydrogens is 208 g/mol. The average Bonchev–Trinajstić information content (AvgIpc) is 2.18. The summed E-state index contributed by atoms with van der Waals surface area (Å²) in [6.45, 7) is 0. The van der Waals surface area contributed by atoms with Crippen LogP contribution in [-0.4, -0.2) is 30.5 Å². The summed E-state index contributed by atoms with van der Waals surface area (Å²) < 4.78 is 4.84. The van der Waals surface area contributed by atoms with Crippen LogP contribution in [0.1, 0.15) is 19.3 Å². The van der Waals surface area contributed by atoms with Gasteiger partial charge in [0.15, 0.2) is 0 Å². The molecule has 2 nitrogen and oxygen atoms in total. The van der Waals surface area contributed by atoms with Crippen LogP contribution < -0.4 is 0 Å². The van der Waals surface area contributed by atoms with Crippen molar-refractivity contribution in [3.8, 4) is 0 Å². The molecule has 0 atom stereocenters. The van der Waals surface area contributed by atoms with Crippen LogP contribution in [0.15, 0.2) is 0 Å². The second-order valence-corrected chi connectivity index (χ2v) is 4.93. The smallest absolute Gasteiger partial charge is 0.311 e. The highest BCUT2D eigenvalue weighted by Gasteiger charge is 2.39. The number of carbonyl (C=O) groups is 1. The van der Waals surface area contributed by atoms with Gasteiger partial charge in [0.1, 0.15) is 0 Å². The molecule has 0 unspecified atom stereocenters. The van der Waals surface area contributed by atoms with Crippen LogP contribution in [0.5, 0.6) is 0 Å². The first-order chi connectivity index (χ1) is 6.25. The van der Waals surface area contributed by atoms with E-state index < -0.39 is 0 Å². The molecule has 1 saturated heterocycles. The van der Waals surface area contributed by atoms with Crippen molar-refractivity contribution < 1.29 is 9.53 Å². The zero-order valence-corrected chi connectivity index (χ0v) is 9.42. The third-order valence-electron chi connectivity index (χ3n) is 2.64. The van der Waals surface area contributed by atoms with Gasteiger partial charge in [-0.15, -0.1) is 11.6 Å². The van der Waals surface area contributed by atoms with Gasteiger partial charge in [-0.25, -0.2) is 0 Å². The average molecular weight is 223 g/mol. The number of hydrogen-bond acceptors (Lipinski definition) is 3. The van der Waals surface area contributed by atoms with Gasteiger partial charge in [-0.1, -0.05) is 0 Å². The van der Waals surface area contributed by atoms with Gasteiger partial charge in [-0.2, -0.15) is 11.8 Å². The van der Waals surface area contributed by atoms with E-state index in [1.54, 1.807) is 0 Å². The van der Waals surface area contributed by atoms with Crippen LogP contribution in [-0.2, 0) is 9.53 Å². The minimum Gasteiger partial charge on any atom is -0.469 e. The van der Waals surface area contributed by atoms with Gasteiger partial charge in [-0.05, 0) is 30.8 Å². The lowest BCUT2D eigenvalue weighted by molar-refractivity contribution is -0.153. The van der Waals surface area contributed by atoms with Crippen molar-refractivity contribution in [1.29, 1.82) is 0 Å². The van der Waals surface area contributed by atoms with Crippen molar-refractivity contribution in [2.24, 2.45) is 5.41 Å². The summed E-state index contributed by atoms with van der Waals surface area (Å²) >= 11 is 7.61. The minimum absolute atomic E-state index is 0.0755.